The molecule has 3 rings (SSSR count). The highest BCUT2D eigenvalue weighted by Gasteiger charge is 2.36. The number of benzene rings is 1. The molecule has 1 heterocycles. The van der Waals surface area contributed by atoms with Crippen LogP contribution in [0.1, 0.15) is 42.5 Å². The maximum Gasteiger partial charge on any atom is 0.182 e. The van der Waals surface area contributed by atoms with Crippen molar-refractivity contribution in [1.82, 2.24) is 4.90 Å². The maximum atomic E-state index is 13.6. The number of ketones is 1. The lowest BCUT2D eigenvalue weighted by molar-refractivity contribution is 0.0887. The first-order chi connectivity index (χ1) is 9.66. The minimum absolute atomic E-state index is 0.138. The minimum atomic E-state index is -0.755. The van der Waals surface area contributed by atoms with Crippen molar-refractivity contribution in [2.75, 3.05) is 13.1 Å². The zero-order valence-electron chi connectivity index (χ0n) is 11.4. The molecule has 0 amide bonds. The molecule has 1 saturated carbocycles. The van der Waals surface area contributed by atoms with E-state index in [0.29, 0.717) is 12.0 Å². The fraction of sp³-hybridized carbons (Fsp3) is 0.562. The van der Waals surface area contributed by atoms with Crippen molar-refractivity contribution in [3.63, 3.8) is 0 Å². The Kier molecular flexibility index (Phi) is 3.83. The predicted molar refractivity (Wildman–Crippen MR) is 72.6 cm³/mol. The number of likely N-dealkylation sites (tertiary alicyclic amines) is 1. The summed E-state index contributed by atoms with van der Waals surface area (Å²) in [5.41, 5.74) is -0.383. The normalized spacial score (nSPS) is 26.5. The van der Waals surface area contributed by atoms with Crippen molar-refractivity contribution in [2.45, 2.75) is 38.1 Å². The Hall–Kier alpha value is -1.29. The van der Waals surface area contributed by atoms with Crippen molar-refractivity contribution in [3.05, 3.63) is 35.4 Å². The molecule has 2 atom stereocenters. The Morgan fingerprint density at radius 3 is 2.60 bits per heavy atom. The molecule has 1 aliphatic carbocycles. The van der Waals surface area contributed by atoms with E-state index >= 15 is 0 Å². The summed E-state index contributed by atoms with van der Waals surface area (Å²) >= 11 is 0. The molecule has 1 aromatic carbocycles. The van der Waals surface area contributed by atoms with Crippen LogP contribution in [0.5, 0.6) is 0 Å². The summed E-state index contributed by atoms with van der Waals surface area (Å²) in [6, 6.07) is 4.00. The molecule has 2 aliphatic rings. The molecule has 2 fully saturated rings. The van der Waals surface area contributed by atoms with Gasteiger partial charge in [-0.15, -0.1) is 0 Å². The summed E-state index contributed by atoms with van der Waals surface area (Å²) in [7, 11) is 0. The number of rotatable bonds is 3. The number of fused-ring (bicyclic) bond motifs is 1. The molecule has 0 radical (unpaired) electrons. The number of halogens is 2. The van der Waals surface area contributed by atoms with Crippen LogP contribution in [0.15, 0.2) is 18.2 Å². The van der Waals surface area contributed by atoms with Gasteiger partial charge in [-0.1, -0.05) is 18.9 Å². The molecule has 4 heteroatoms. The lowest BCUT2D eigenvalue weighted by atomic mass is 9.85. The number of carbonyl (C=O) groups excluding carboxylic acids is 1. The number of carbonyl (C=O) groups is 1. The molecule has 1 aliphatic heterocycles. The monoisotopic (exact) mass is 279 g/mol. The molecule has 108 valence electrons. The smallest absolute Gasteiger partial charge is 0.182 e. The third kappa shape index (κ3) is 2.49. The zero-order chi connectivity index (χ0) is 14.1. The van der Waals surface area contributed by atoms with Crippen LogP contribution in [0, 0.1) is 17.6 Å². The van der Waals surface area contributed by atoms with Gasteiger partial charge in [-0.25, -0.2) is 8.78 Å². The van der Waals surface area contributed by atoms with E-state index in [9.17, 15) is 13.6 Å². The quantitative estimate of drug-likeness (QED) is 0.790. The molecule has 0 aromatic heterocycles. The molecule has 1 saturated heterocycles. The molecule has 0 N–H and O–H groups in total. The van der Waals surface area contributed by atoms with Crippen LogP contribution in [-0.2, 0) is 0 Å². The highest BCUT2D eigenvalue weighted by Crippen LogP contribution is 2.36. The predicted octanol–water partition coefficient (Wildman–Crippen LogP) is 3.41. The highest BCUT2D eigenvalue weighted by atomic mass is 19.1. The summed E-state index contributed by atoms with van der Waals surface area (Å²) < 4.78 is 27.3. The average Bonchev–Trinajstić information content (AvgIpc) is 2.82. The van der Waals surface area contributed by atoms with E-state index in [2.05, 4.69) is 4.90 Å². The Bertz CT molecular complexity index is 497. The first-order valence-electron chi connectivity index (χ1n) is 7.38. The van der Waals surface area contributed by atoms with E-state index in [1.54, 1.807) is 0 Å². The van der Waals surface area contributed by atoms with Gasteiger partial charge in [-0.2, -0.15) is 0 Å². The molecule has 20 heavy (non-hydrogen) atoms. The van der Waals surface area contributed by atoms with Crippen LogP contribution in [0.2, 0.25) is 0 Å². The van der Waals surface area contributed by atoms with E-state index in [1.165, 1.54) is 25.3 Å². The van der Waals surface area contributed by atoms with Crippen LogP contribution in [-0.4, -0.2) is 29.8 Å². The Morgan fingerprint density at radius 2 is 1.85 bits per heavy atom. The standard InChI is InChI=1S/C16H19F2NO/c17-12-5-3-6-13(18)16(12)15(20)10-19-9-8-11-4-1-2-7-14(11)19/h3,5-6,11,14H,1-2,4,7-10H2. The Morgan fingerprint density at radius 1 is 1.15 bits per heavy atom. The van der Waals surface area contributed by atoms with Gasteiger partial charge in [-0.3, -0.25) is 9.69 Å². The lowest BCUT2D eigenvalue weighted by Crippen LogP contribution is -2.38. The Labute approximate surface area is 117 Å². The van der Waals surface area contributed by atoms with Gasteiger partial charge in [0.1, 0.15) is 11.6 Å². The van der Waals surface area contributed by atoms with E-state index in [-0.39, 0.29) is 12.1 Å². The van der Waals surface area contributed by atoms with E-state index < -0.39 is 17.4 Å². The number of nitrogens with zero attached hydrogens (tertiary/aromatic N) is 1. The van der Waals surface area contributed by atoms with Gasteiger partial charge in [0.15, 0.2) is 5.78 Å². The average molecular weight is 279 g/mol. The van der Waals surface area contributed by atoms with Gasteiger partial charge in [0.2, 0.25) is 0 Å². The summed E-state index contributed by atoms with van der Waals surface area (Å²) in [5.74, 6) is -1.28. The summed E-state index contributed by atoms with van der Waals surface area (Å²) in [5, 5.41) is 0. The van der Waals surface area contributed by atoms with Gasteiger partial charge in [0, 0.05) is 6.04 Å². The van der Waals surface area contributed by atoms with E-state index in [0.717, 1.165) is 31.5 Å². The molecule has 0 bridgehead atoms. The van der Waals surface area contributed by atoms with Gasteiger partial charge in [0.25, 0.3) is 0 Å². The number of Topliss-reactive ketones (excluding diaryl/α,β-unsaturated/α-hetero) is 1. The van der Waals surface area contributed by atoms with Gasteiger partial charge < -0.3 is 0 Å². The van der Waals surface area contributed by atoms with Crippen LogP contribution < -0.4 is 0 Å². The van der Waals surface area contributed by atoms with Crippen molar-refractivity contribution < 1.29 is 13.6 Å². The molecule has 2 nitrogen and oxygen atoms in total. The van der Waals surface area contributed by atoms with Crippen molar-refractivity contribution in [2.24, 2.45) is 5.92 Å². The summed E-state index contributed by atoms with van der Waals surface area (Å²) in [6.07, 6.45) is 5.91. The van der Waals surface area contributed by atoms with Gasteiger partial charge in [0.05, 0.1) is 12.1 Å². The second-order valence-corrected chi connectivity index (χ2v) is 5.89. The van der Waals surface area contributed by atoms with Crippen LogP contribution in [0.25, 0.3) is 0 Å². The second kappa shape index (κ2) is 5.60. The van der Waals surface area contributed by atoms with Crippen LogP contribution in [0.4, 0.5) is 8.78 Å². The number of hydrogen-bond donors (Lipinski definition) is 0. The molecule has 0 spiro atoms. The summed E-state index contributed by atoms with van der Waals surface area (Å²) in [6.45, 7) is 1.01. The third-order valence-electron chi connectivity index (χ3n) is 4.71. The highest BCUT2D eigenvalue weighted by molar-refractivity contribution is 5.98. The number of hydrogen-bond acceptors (Lipinski definition) is 2. The molecule has 2 unspecified atom stereocenters. The first-order valence-corrected chi connectivity index (χ1v) is 7.38. The molecule has 1 aromatic rings. The van der Waals surface area contributed by atoms with Crippen molar-refractivity contribution >= 4 is 5.78 Å². The largest absolute Gasteiger partial charge is 0.293 e. The molecular weight excluding hydrogens is 260 g/mol. The lowest BCUT2D eigenvalue weighted by Gasteiger charge is -2.31. The summed E-state index contributed by atoms with van der Waals surface area (Å²) in [4.78, 5) is 14.3. The first kappa shape index (κ1) is 13.7. The van der Waals surface area contributed by atoms with E-state index in [1.807, 2.05) is 0 Å². The topological polar surface area (TPSA) is 20.3 Å². The third-order valence-corrected chi connectivity index (χ3v) is 4.71. The van der Waals surface area contributed by atoms with Gasteiger partial charge in [-0.05, 0) is 43.9 Å². The zero-order valence-corrected chi connectivity index (χ0v) is 11.4. The SMILES string of the molecule is O=C(CN1CCC2CCCCC21)c1c(F)cccc1F. The van der Waals surface area contributed by atoms with Crippen molar-refractivity contribution in [3.8, 4) is 0 Å². The van der Waals surface area contributed by atoms with Crippen LogP contribution in [0.3, 0.4) is 0 Å². The van der Waals surface area contributed by atoms with Crippen LogP contribution >= 0.6 is 0 Å². The minimum Gasteiger partial charge on any atom is -0.293 e. The van der Waals surface area contributed by atoms with Gasteiger partial charge >= 0.3 is 0 Å². The van der Waals surface area contributed by atoms with Crippen molar-refractivity contribution in [1.29, 1.82) is 0 Å². The maximum absolute atomic E-state index is 13.6. The second-order valence-electron chi connectivity index (χ2n) is 5.89. The fourth-order valence-electron chi connectivity index (χ4n) is 3.73. The molecular formula is C16H19F2NO. The Balaban J connectivity index is 1.73. The van der Waals surface area contributed by atoms with E-state index in [4.69, 9.17) is 0 Å². The fourth-order valence-corrected chi connectivity index (χ4v) is 3.73.